The molecule has 1 fully saturated rings. The second-order valence-electron chi connectivity index (χ2n) is 8.73. The number of rotatable bonds is 9. The van der Waals surface area contributed by atoms with E-state index in [0.29, 0.717) is 12.8 Å². The molecule has 0 saturated heterocycles. The van der Waals surface area contributed by atoms with Crippen molar-refractivity contribution in [1.29, 1.82) is 0 Å². The summed E-state index contributed by atoms with van der Waals surface area (Å²) in [6.07, 6.45) is 2.05. The SMILES string of the molecule is CCCCCCCC1CCC(C(=O)Oc2ccc3c(F)c(OC(F)(F)F)ccc3c2)C(F)C1. The third kappa shape index (κ3) is 7.05. The van der Waals surface area contributed by atoms with E-state index in [1.807, 2.05) is 0 Å². The maximum Gasteiger partial charge on any atom is 0.573 e. The van der Waals surface area contributed by atoms with E-state index in [2.05, 4.69) is 11.7 Å². The van der Waals surface area contributed by atoms with Crippen molar-refractivity contribution in [3.8, 4) is 11.5 Å². The summed E-state index contributed by atoms with van der Waals surface area (Å²) in [6.45, 7) is 2.16. The minimum absolute atomic E-state index is 0.0848. The van der Waals surface area contributed by atoms with Crippen LogP contribution in [0.25, 0.3) is 10.8 Å². The summed E-state index contributed by atoms with van der Waals surface area (Å²) in [5, 5.41) is 0.121. The molecule has 0 bridgehead atoms. The maximum atomic E-state index is 14.7. The maximum absolute atomic E-state index is 14.7. The highest BCUT2D eigenvalue weighted by Gasteiger charge is 2.36. The van der Waals surface area contributed by atoms with E-state index in [1.165, 1.54) is 43.5 Å². The number of esters is 1. The fraction of sp³-hybridized carbons (Fsp3) is 0.560. The molecule has 3 atom stereocenters. The molecule has 8 heteroatoms. The van der Waals surface area contributed by atoms with Gasteiger partial charge in [-0.05, 0) is 54.8 Å². The zero-order valence-electron chi connectivity index (χ0n) is 18.6. The number of ether oxygens (including phenoxy) is 2. The highest BCUT2D eigenvalue weighted by atomic mass is 19.4. The Hall–Kier alpha value is -2.38. The van der Waals surface area contributed by atoms with Gasteiger partial charge in [0.1, 0.15) is 11.9 Å². The Morgan fingerprint density at radius 1 is 1.06 bits per heavy atom. The summed E-state index contributed by atoms with van der Waals surface area (Å²) in [6, 6.07) is 5.91. The molecule has 1 aliphatic rings. The van der Waals surface area contributed by atoms with Gasteiger partial charge >= 0.3 is 12.3 Å². The van der Waals surface area contributed by atoms with Gasteiger partial charge in [-0.2, -0.15) is 0 Å². The average Bonchev–Trinajstić information content (AvgIpc) is 2.75. The van der Waals surface area contributed by atoms with Crippen LogP contribution in [-0.2, 0) is 4.79 Å². The minimum atomic E-state index is -5.01. The van der Waals surface area contributed by atoms with Gasteiger partial charge in [0, 0.05) is 5.39 Å². The van der Waals surface area contributed by atoms with E-state index in [4.69, 9.17) is 4.74 Å². The topological polar surface area (TPSA) is 35.5 Å². The molecular formula is C25H29F5O3. The molecule has 182 valence electrons. The van der Waals surface area contributed by atoms with Crippen molar-refractivity contribution < 1.29 is 36.2 Å². The molecule has 1 aliphatic carbocycles. The Labute approximate surface area is 190 Å². The first kappa shape index (κ1) is 25.2. The molecule has 3 nitrogen and oxygen atoms in total. The van der Waals surface area contributed by atoms with Crippen LogP contribution in [0.15, 0.2) is 30.3 Å². The van der Waals surface area contributed by atoms with Crippen LogP contribution in [-0.4, -0.2) is 18.5 Å². The van der Waals surface area contributed by atoms with Crippen LogP contribution in [0.3, 0.4) is 0 Å². The minimum Gasteiger partial charge on any atom is -0.426 e. The lowest BCUT2D eigenvalue weighted by Gasteiger charge is -2.30. The molecule has 0 amide bonds. The van der Waals surface area contributed by atoms with E-state index in [9.17, 15) is 26.7 Å². The average molecular weight is 472 g/mol. The van der Waals surface area contributed by atoms with E-state index in [0.717, 1.165) is 31.7 Å². The quantitative estimate of drug-likeness (QED) is 0.161. The van der Waals surface area contributed by atoms with Crippen molar-refractivity contribution in [2.45, 2.75) is 77.2 Å². The van der Waals surface area contributed by atoms with Gasteiger partial charge in [0.25, 0.3) is 0 Å². The van der Waals surface area contributed by atoms with E-state index in [-0.39, 0.29) is 22.4 Å². The number of carbonyl (C=O) groups excluding carboxylic acids is 1. The zero-order chi connectivity index (χ0) is 24.0. The first-order valence-corrected chi connectivity index (χ1v) is 11.5. The Morgan fingerprint density at radius 2 is 1.82 bits per heavy atom. The zero-order valence-corrected chi connectivity index (χ0v) is 18.6. The predicted octanol–water partition coefficient (Wildman–Crippen LogP) is 7.90. The molecule has 3 rings (SSSR count). The van der Waals surface area contributed by atoms with E-state index < -0.39 is 36.0 Å². The fourth-order valence-corrected chi connectivity index (χ4v) is 4.47. The van der Waals surface area contributed by atoms with Crippen molar-refractivity contribution in [1.82, 2.24) is 0 Å². The number of alkyl halides is 4. The van der Waals surface area contributed by atoms with E-state index >= 15 is 0 Å². The molecular weight excluding hydrogens is 443 g/mol. The Bertz CT molecular complexity index is 944. The van der Waals surface area contributed by atoms with Crippen LogP contribution in [0.2, 0.25) is 0 Å². The molecule has 0 aliphatic heterocycles. The monoisotopic (exact) mass is 472 g/mol. The lowest BCUT2D eigenvalue weighted by atomic mass is 9.78. The molecule has 3 unspecified atom stereocenters. The smallest absolute Gasteiger partial charge is 0.426 e. The van der Waals surface area contributed by atoms with Gasteiger partial charge < -0.3 is 9.47 Å². The molecule has 0 N–H and O–H groups in total. The molecule has 33 heavy (non-hydrogen) atoms. The largest absolute Gasteiger partial charge is 0.573 e. The van der Waals surface area contributed by atoms with E-state index in [1.54, 1.807) is 0 Å². The third-order valence-electron chi connectivity index (χ3n) is 6.23. The van der Waals surface area contributed by atoms with Crippen LogP contribution < -0.4 is 9.47 Å². The Balaban J connectivity index is 1.57. The highest BCUT2D eigenvalue weighted by molar-refractivity contribution is 5.87. The number of fused-ring (bicyclic) bond motifs is 1. The van der Waals surface area contributed by atoms with Crippen molar-refractivity contribution in [2.75, 3.05) is 0 Å². The van der Waals surface area contributed by atoms with Crippen molar-refractivity contribution in [2.24, 2.45) is 11.8 Å². The van der Waals surface area contributed by atoms with Gasteiger partial charge in [0.15, 0.2) is 11.6 Å². The van der Waals surface area contributed by atoms with Crippen molar-refractivity contribution >= 4 is 16.7 Å². The molecule has 1 saturated carbocycles. The van der Waals surface area contributed by atoms with Gasteiger partial charge in [-0.1, -0.05) is 51.5 Å². The molecule has 2 aromatic rings. The Kier molecular flexibility index (Phi) is 8.54. The summed E-state index contributed by atoms with van der Waals surface area (Å²) >= 11 is 0. The summed E-state index contributed by atoms with van der Waals surface area (Å²) in [4.78, 5) is 12.5. The molecule has 0 heterocycles. The van der Waals surface area contributed by atoms with Crippen LogP contribution in [0.4, 0.5) is 22.0 Å². The molecule has 0 radical (unpaired) electrons. The van der Waals surface area contributed by atoms with Gasteiger partial charge in [-0.25, -0.2) is 8.78 Å². The second-order valence-corrected chi connectivity index (χ2v) is 8.73. The van der Waals surface area contributed by atoms with Crippen LogP contribution >= 0.6 is 0 Å². The predicted molar refractivity (Wildman–Crippen MR) is 115 cm³/mol. The lowest BCUT2D eigenvalue weighted by Crippen LogP contribution is -2.34. The normalized spacial score (nSPS) is 21.2. The van der Waals surface area contributed by atoms with Gasteiger partial charge in [0.2, 0.25) is 0 Å². The van der Waals surface area contributed by atoms with Gasteiger partial charge in [-0.15, -0.1) is 13.2 Å². The highest BCUT2D eigenvalue weighted by Crippen LogP contribution is 2.36. The summed E-state index contributed by atoms with van der Waals surface area (Å²) in [5.74, 6) is -3.28. The number of carbonyl (C=O) groups is 1. The molecule has 0 aromatic heterocycles. The number of hydrogen-bond acceptors (Lipinski definition) is 3. The Morgan fingerprint density at radius 3 is 2.52 bits per heavy atom. The van der Waals surface area contributed by atoms with Gasteiger partial charge in [0.05, 0.1) is 5.92 Å². The van der Waals surface area contributed by atoms with Gasteiger partial charge in [-0.3, -0.25) is 4.79 Å². The van der Waals surface area contributed by atoms with Crippen molar-refractivity contribution in [3.05, 3.63) is 36.1 Å². The molecule has 2 aromatic carbocycles. The number of hydrogen-bond donors (Lipinski definition) is 0. The van der Waals surface area contributed by atoms with Crippen molar-refractivity contribution in [3.63, 3.8) is 0 Å². The second kappa shape index (κ2) is 11.2. The number of halogens is 5. The first-order chi connectivity index (χ1) is 15.7. The lowest BCUT2D eigenvalue weighted by molar-refractivity contribution is -0.275. The van der Waals surface area contributed by atoms with Crippen LogP contribution in [0, 0.1) is 17.7 Å². The van der Waals surface area contributed by atoms with Crippen LogP contribution in [0.1, 0.15) is 64.7 Å². The molecule has 0 spiro atoms. The first-order valence-electron chi connectivity index (χ1n) is 11.5. The summed E-state index contributed by atoms with van der Waals surface area (Å²) in [5.41, 5.74) is 0. The fourth-order valence-electron chi connectivity index (χ4n) is 4.47. The standard InChI is InChI=1S/C25H29F5O3/c1-2-3-4-5-6-7-16-8-11-20(21(26)14-16)24(31)32-18-10-12-19-17(15-18)9-13-22(23(19)27)33-25(28,29)30/h9-10,12-13,15-16,20-21H,2-8,11,14H2,1H3. The summed E-state index contributed by atoms with van der Waals surface area (Å²) < 4.78 is 75.2. The van der Waals surface area contributed by atoms with Crippen LogP contribution in [0.5, 0.6) is 11.5 Å². The number of benzene rings is 2. The summed E-state index contributed by atoms with van der Waals surface area (Å²) in [7, 11) is 0. The third-order valence-corrected chi connectivity index (χ3v) is 6.23. The number of unbranched alkanes of at least 4 members (excludes halogenated alkanes) is 4.